The van der Waals surface area contributed by atoms with Gasteiger partial charge in [-0.05, 0) is 25.2 Å². The van der Waals surface area contributed by atoms with Crippen molar-refractivity contribution in [3.8, 4) is 5.75 Å². The van der Waals surface area contributed by atoms with Gasteiger partial charge in [-0.1, -0.05) is 0 Å². The molecular weight excluding hydrogens is 248 g/mol. The molecule has 1 rings (SSSR count). The quantitative estimate of drug-likeness (QED) is 0.474. The number of thioether (sulfide) groups is 1. The van der Waals surface area contributed by atoms with Crippen LogP contribution < -0.4 is 15.8 Å². The van der Waals surface area contributed by atoms with Crippen LogP contribution in [0.3, 0.4) is 0 Å². The van der Waals surface area contributed by atoms with E-state index in [1.807, 2.05) is 36.9 Å². The van der Waals surface area contributed by atoms with Crippen LogP contribution in [0.5, 0.6) is 5.75 Å². The van der Waals surface area contributed by atoms with Gasteiger partial charge in [0.1, 0.15) is 5.75 Å². The zero-order valence-electron chi connectivity index (χ0n) is 10.8. The highest BCUT2D eigenvalue weighted by molar-refractivity contribution is 7.99. The zero-order chi connectivity index (χ0) is 13.2. The molecule has 1 aromatic carbocycles. The average Bonchev–Trinajstić information content (AvgIpc) is 2.33. The van der Waals surface area contributed by atoms with Gasteiger partial charge in [0.2, 0.25) is 0 Å². The summed E-state index contributed by atoms with van der Waals surface area (Å²) in [5, 5.41) is 12.0. The first-order valence-electron chi connectivity index (χ1n) is 6.22. The lowest BCUT2D eigenvalue weighted by molar-refractivity contribution is 0.296. The molecule has 0 radical (unpaired) electrons. The van der Waals surface area contributed by atoms with Crippen LogP contribution in [0.2, 0.25) is 0 Å². The summed E-state index contributed by atoms with van der Waals surface area (Å²) >= 11 is 1.83. The van der Waals surface area contributed by atoms with Gasteiger partial charge in [0.15, 0.2) is 0 Å². The molecule has 0 spiro atoms. The third kappa shape index (κ3) is 6.02. The maximum atomic E-state index is 8.66. The maximum Gasteiger partial charge on any atom is 0.123 e. The Balaban J connectivity index is 2.32. The monoisotopic (exact) mass is 270 g/mol. The van der Waals surface area contributed by atoms with E-state index in [0.29, 0.717) is 12.3 Å². The highest BCUT2D eigenvalue weighted by Crippen LogP contribution is 2.22. The summed E-state index contributed by atoms with van der Waals surface area (Å²) in [5.41, 5.74) is 7.50. The predicted molar refractivity (Wildman–Crippen MR) is 79.5 cm³/mol. The van der Waals surface area contributed by atoms with Crippen LogP contribution in [0.4, 0.5) is 11.4 Å². The van der Waals surface area contributed by atoms with E-state index in [9.17, 15) is 0 Å². The molecule has 0 fully saturated rings. The minimum atomic E-state index is 0.271. The number of aliphatic hydroxyl groups excluding tert-OH is 1. The maximum absolute atomic E-state index is 8.66. The van der Waals surface area contributed by atoms with E-state index >= 15 is 0 Å². The number of hydrogen-bond acceptors (Lipinski definition) is 5. The second-order valence-corrected chi connectivity index (χ2v) is 5.06. The van der Waals surface area contributed by atoms with Crippen LogP contribution >= 0.6 is 11.8 Å². The molecule has 0 heterocycles. The molecule has 0 aromatic heterocycles. The molecule has 1 aromatic rings. The molecule has 4 nitrogen and oxygen atoms in total. The van der Waals surface area contributed by atoms with Gasteiger partial charge in [-0.2, -0.15) is 11.8 Å². The summed E-state index contributed by atoms with van der Waals surface area (Å²) in [4.78, 5) is 0. The fraction of sp³-hybridized carbons (Fsp3) is 0.538. The molecule has 0 aliphatic heterocycles. The Bertz CT molecular complexity index is 348. The van der Waals surface area contributed by atoms with Gasteiger partial charge in [0, 0.05) is 42.4 Å². The van der Waals surface area contributed by atoms with Gasteiger partial charge in [0.25, 0.3) is 0 Å². The number of aliphatic hydroxyl groups is 1. The lowest BCUT2D eigenvalue weighted by atomic mass is 10.2. The van der Waals surface area contributed by atoms with Crippen molar-refractivity contribution >= 4 is 23.1 Å². The van der Waals surface area contributed by atoms with E-state index in [4.69, 9.17) is 15.6 Å². The normalized spacial score (nSPS) is 10.3. The van der Waals surface area contributed by atoms with Crippen molar-refractivity contribution in [2.75, 3.05) is 42.3 Å². The predicted octanol–water partition coefficient (Wildman–Crippen LogP) is 2.20. The number of nitrogens with one attached hydrogen (secondary N) is 1. The van der Waals surface area contributed by atoms with Gasteiger partial charge < -0.3 is 20.9 Å². The Kier molecular flexibility index (Phi) is 7.44. The summed E-state index contributed by atoms with van der Waals surface area (Å²) < 4.78 is 5.43. The summed E-state index contributed by atoms with van der Waals surface area (Å²) in [7, 11) is 0. The van der Waals surface area contributed by atoms with Crippen molar-refractivity contribution < 1.29 is 9.84 Å². The molecule has 0 amide bonds. The molecule has 102 valence electrons. The molecular formula is C13H22N2O2S. The van der Waals surface area contributed by atoms with Crippen LogP contribution in [0, 0.1) is 0 Å². The van der Waals surface area contributed by atoms with Gasteiger partial charge in [-0.25, -0.2) is 0 Å². The Labute approximate surface area is 113 Å². The second-order valence-electron chi connectivity index (χ2n) is 3.84. The number of nitrogens with two attached hydrogens (primary N) is 1. The summed E-state index contributed by atoms with van der Waals surface area (Å²) in [6, 6.07) is 5.68. The Morgan fingerprint density at radius 1 is 1.33 bits per heavy atom. The van der Waals surface area contributed by atoms with E-state index in [1.165, 1.54) is 0 Å². The van der Waals surface area contributed by atoms with Crippen molar-refractivity contribution in [2.24, 2.45) is 0 Å². The van der Waals surface area contributed by atoms with E-state index < -0.39 is 0 Å². The molecule has 0 unspecified atom stereocenters. The van der Waals surface area contributed by atoms with Gasteiger partial charge in [-0.3, -0.25) is 0 Å². The molecule has 18 heavy (non-hydrogen) atoms. The largest absolute Gasteiger partial charge is 0.494 e. The minimum Gasteiger partial charge on any atom is -0.494 e. The Morgan fingerprint density at radius 3 is 2.89 bits per heavy atom. The summed E-state index contributed by atoms with van der Waals surface area (Å²) in [5.74, 6) is 2.81. The fourth-order valence-electron chi connectivity index (χ4n) is 1.51. The van der Waals surface area contributed by atoms with Crippen LogP contribution in [-0.2, 0) is 0 Å². The lowest BCUT2D eigenvalue weighted by Crippen LogP contribution is -2.05. The summed E-state index contributed by atoms with van der Waals surface area (Å²) in [6.07, 6.45) is 0.859. The first kappa shape index (κ1) is 15.0. The SMILES string of the molecule is CCOc1cc(N)cc(NCCSCCCO)c1. The zero-order valence-corrected chi connectivity index (χ0v) is 11.6. The molecule has 4 N–H and O–H groups in total. The van der Waals surface area contributed by atoms with E-state index in [-0.39, 0.29) is 6.61 Å². The van der Waals surface area contributed by atoms with E-state index in [1.54, 1.807) is 0 Å². The second kappa shape index (κ2) is 8.94. The van der Waals surface area contributed by atoms with E-state index in [2.05, 4.69) is 5.32 Å². The van der Waals surface area contributed by atoms with Crippen LogP contribution in [0.15, 0.2) is 18.2 Å². The lowest BCUT2D eigenvalue weighted by Gasteiger charge is -2.10. The number of anilines is 2. The molecule has 0 aliphatic carbocycles. The molecule has 0 saturated heterocycles. The number of nitrogen functional groups attached to an aromatic ring is 1. The van der Waals surface area contributed by atoms with Crippen molar-refractivity contribution in [1.82, 2.24) is 0 Å². The van der Waals surface area contributed by atoms with Crippen molar-refractivity contribution in [2.45, 2.75) is 13.3 Å². The third-order valence-electron chi connectivity index (χ3n) is 2.26. The minimum absolute atomic E-state index is 0.271. The molecule has 5 heteroatoms. The molecule has 0 bridgehead atoms. The smallest absolute Gasteiger partial charge is 0.123 e. The number of rotatable bonds is 9. The van der Waals surface area contributed by atoms with Gasteiger partial charge in [0.05, 0.1) is 6.61 Å². The van der Waals surface area contributed by atoms with Crippen LogP contribution in [0.1, 0.15) is 13.3 Å². The summed E-state index contributed by atoms with van der Waals surface area (Å²) in [6.45, 7) is 3.74. The molecule has 0 atom stereocenters. The number of benzene rings is 1. The third-order valence-corrected chi connectivity index (χ3v) is 3.33. The fourth-order valence-corrected chi connectivity index (χ4v) is 2.29. The highest BCUT2D eigenvalue weighted by atomic mass is 32.2. The Morgan fingerprint density at radius 2 is 2.17 bits per heavy atom. The van der Waals surface area contributed by atoms with Gasteiger partial charge >= 0.3 is 0 Å². The van der Waals surface area contributed by atoms with Crippen LogP contribution in [0.25, 0.3) is 0 Å². The molecule has 0 saturated carbocycles. The first-order chi connectivity index (χ1) is 8.76. The van der Waals surface area contributed by atoms with E-state index in [0.717, 1.165) is 35.9 Å². The first-order valence-corrected chi connectivity index (χ1v) is 7.37. The van der Waals surface area contributed by atoms with Crippen molar-refractivity contribution in [3.63, 3.8) is 0 Å². The molecule has 0 aliphatic rings. The van der Waals surface area contributed by atoms with Crippen LogP contribution in [-0.4, -0.2) is 36.4 Å². The average molecular weight is 270 g/mol. The highest BCUT2D eigenvalue weighted by Gasteiger charge is 1.99. The number of ether oxygens (including phenoxy) is 1. The topological polar surface area (TPSA) is 67.5 Å². The van der Waals surface area contributed by atoms with Crippen molar-refractivity contribution in [3.05, 3.63) is 18.2 Å². The number of hydrogen-bond donors (Lipinski definition) is 3. The van der Waals surface area contributed by atoms with Gasteiger partial charge in [-0.15, -0.1) is 0 Å². The standard InChI is InChI=1S/C13H22N2O2S/c1-2-17-13-9-11(14)8-12(10-13)15-4-7-18-6-3-5-16/h8-10,15-16H,2-7,14H2,1H3. The van der Waals surface area contributed by atoms with Crippen molar-refractivity contribution in [1.29, 1.82) is 0 Å². The Hall–Kier alpha value is -1.07.